The Balaban J connectivity index is 2.28. The van der Waals surface area contributed by atoms with Crippen LogP contribution in [0, 0.1) is 0 Å². The Labute approximate surface area is 111 Å². The molecule has 1 heterocycles. The van der Waals surface area contributed by atoms with Crippen molar-refractivity contribution in [3.05, 3.63) is 23.9 Å². The summed E-state index contributed by atoms with van der Waals surface area (Å²) in [5, 5.41) is 3.92. The maximum absolute atomic E-state index is 12.1. The molecule has 5 nitrogen and oxygen atoms in total. The van der Waals surface area contributed by atoms with Crippen LogP contribution in [0.4, 0.5) is 13.2 Å². The molecule has 0 N–H and O–H groups in total. The largest absolute Gasteiger partial charge is 0.573 e. The van der Waals surface area contributed by atoms with Crippen LogP contribution in [0.2, 0.25) is 0 Å². The van der Waals surface area contributed by atoms with E-state index in [0.29, 0.717) is 0 Å². The van der Waals surface area contributed by atoms with Crippen LogP contribution in [0.5, 0.6) is 5.75 Å². The highest BCUT2D eigenvalue weighted by atomic mass is 19.4. The number of fused-ring (bicyclic) bond motifs is 1. The molecule has 0 fully saturated rings. The molecule has 0 radical (unpaired) electrons. The van der Waals surface area contributed by atoms with E-state index >= 15 is 0 Å². The lowest BCUT2D eigenvalue weighted by atomic mass is 10.1. The van der Waals surface area contributed by atoms with Gasteiger partial charge in [0, 0.05) is 5.39 Å². The van der Waals surface area contributed by atoms with Crippen molar-refractivity contribution >= 4 is 16.9 Å². The minimum atomic E-state index is -4.79. The number of esters is 1. The first-order valence-electron chi connectivity index (χ1n) is 5.68. The van der Waals surface area contributed by atoms with E-state index in [1.54, 1.807) is 6.92 Å². The van der Waals surface area contributed by atoms with Gasteiger partial charge in [-0.3, -0.25) is 4.79 Å². The lowest BCUT2D eigenvalue weighted by Crippen LogP contribution is -2.17. The molecule has 0 spiro atoms. The summed E-state index contributed by atoms with van der Waals surface area (Å²) in [6.45, 7) is 1.85. The minimum Gasteiger partial charge on any atom is -0.466 e. The van der Waals surface area contributed by atoms with E-state index < -0.39 is 18.1 Å². The third-order valence-electron chi connectivity index (χ3n) is 2.37. The Morgan fingerprint density at radius 1 is 1.40 bits per heavy atom. The second-order valence-corrected chi connectivity index (χ2v) is 3.82. The Morgan fingerprint density at radius 3 is 2.80 bits per heavy atom. The number of carbonyl (C=O) groups excluding carboxylic acids is 1. The van der Waals surface area contributed by atoms with Crippen LogP contribution in [0.3, 0.4) is 0 Å². The van der Waals surface area contributed by atoms with Gasteiger partial charge in [-0.15, -0.1) is 13.2 Å². The number of ether oxygens (including phenoxy) is 2. The number of carbonyl (C=O) groups is 1. The number of halogens is 3. The SMILES string of the molecule is CCOC(=O)Cc1noc2ccc(OC(F)(F)F)cc12. The fourth-order valence-corrected chi connectivity index (χ4v) is 1.64. The average molecular weight is 289 g/mol. The van der Waals surface area contributed by atoms with Crippen molar-refractivity contribution in [3.8, 4) is 5.75 Å². The van der Waals surface area contributed by atoms with Crippen molar-refractivity contribution in [3.63, 3.8) is 0 Å². The molecule has 20 heavy (non-hydrogen) atoms. The number of aromatic nitrogens is 1. The van der Waals surface area contributed by atoms with Crippen molar-refractivity contribution in [1.29, 1.82) is 0 Å². The van der Waals surface area contributed by atoms with Crippen LogP contribution < -0.4 is 4.74 Å². The molecular weight excluding hydrogens is 279 g/mol. The zero-order valence-corrected chi connectivity index (χ0v) is 10.4. The summed E-state index contributed by atoms with van der Waals surface area (Å²) in [4.78, 5) is 11.4. The van der Waals surface area contributed by atoms with Crippen LogP contribution in [0.25, 0.3) is 11.0 Å². The normalized spacial score (nSPS) is 11.6. The predicted molar refractivity (Wildman–Crippen MR) is 61.0 cm³/mol. The molecule has 0 aliphatic carbocycles. The molecule has 0 saturated heterocycles. The van der Waals surface area contributed by atoms with E-state index in [-0.39, 0.29) is 29.7 Å². The van der Waals surface area contributed by atoms with Gasteiger partial charge in [-0.2, -0.15) is 0 Å². The zero-order valence-electron chi connectivity index (χ0n) is 10.4. The first kappa shape index (κ1) is 14.2. The predicted octanol–water partition coefficient (Wildman–Crippen LogP) is 2.83. The molecule has 1 aromatic carbocycles. The summed E-state index contributed by atoms with van der Waals surface area (Å²) in [6.07, 6.45) is -4.97. The summed E-state index contributed by atoms with van der Waals surface area (Å²) in [5.41, 5.74) is 0.463. The van der Waals surface area contributed by atoms with Crippen molar-refractivity contribution < 1.29 is 32.0 Å². The van der Waals surface area contributed by atoms with Crippen LogP contribution in [-0.4, -0.2) is 24.1 Å². The standard InChI is InChI=1S/C12H10F3NO4/c1-2-18-11(17)6-9-8-5-7(19-12(13,14)15)3-4-10(8)20-16-9/h3-5H,2,6H2,1H3. The third-order valence-corrected chi connectivity index (χ3v) is 2.37. The van der Waals surface area contributed by atoms with Crippen molar-refractivity contribution in [1.82, 2.24) is 5.16 Å². The molecular formula is C12H10F3NO4. The first-order chi connectivity index (χ1) is 9.39. The maximum atomic E-state index is 12.1. The summed E-state index contributed by atoms with van der Waals surface area (Å²) < 4.78 is 49.9. The molecule has 0 unspecified atom stereocenters. The van der Waals surface area contributed by atoms with Gasteiger partial charge in [0.25, 0.3) is 0 Å². The third kappa shape index (κ3) is 3.40. The molecule has 0 saturated carbocycles. The molecule has 0 aliphatic rings. The molecule has 2 rings (SSSR count). The lowest BCUT2D eigenvalue weighted by Gasteiger charge is -2.08. The fraction of sp³-hybridized carbons (Fsp3) is 0.333. The molecule has 0 aliphatic heterocycles. The Morgan fingerprint density at radius 2 is 2.15 bits per heavy atom. The highest BCUT2D eigenvalue weighted by molar-refractivity contribution is 5.85. The average Bonchev–Trinajstić information content (AvgIpc) is 2.70. The van der Waals surface area contributed by atoms with Gasteiger partial charge in [0.2, 0.25) is 0 Å². The molecule has 0 bridgehead atoms. The highest BCUT2D eigenvalue weighted by Gasteiger charge is 2.31. The fourth-order valence-electron chi connectivity index (χ4n) is 1.64. The van der Waals surface area contributed by atoms with Crippen LogP contribution in [-0.2, 0) is 16.0 Å². The zero-order chi connectivity index (χ0) is 14.8. The molecule has 2 aromatic rings. The monoisotopic (exact) mass is 289 g/mol. The Bertz CT molecular complexity index is 621. The number of nitrogens with zero attached hydrogens (tertiary/aromatic N) is 1. The van der Waals surface area contributed by atoms with E-state index in [4.69, 9.17) is 9.26 Å². The van der Waals surface area contributed by atoms with Crippen LogP contribution >= 0.6 is 0 Å². The Hall–Kier alpha value is -2.25. The van der Waals surface area contributed by atoms with Gasteiger partial charge in [0.05, 0.1) is 13.0 Å². The van der Waals surface area contributed by atoms with Gasteiger partial charge in [-0.05, 0) is 25.1 Å². The van der Waals surface area contributed by atoms with E-state index in [0.717, 1.165) is 12.1 Å². The molecule has 8 heteroatoms. The smallest absolute Gasteiger partial charge is 0.466 e. The van der Waals surface area contributed by atoms with E-state index in [9.17, 15) is 18.0 Å². The number of hydrogen-bond donors (Lipinski definition) is 0. The van der Waals surface area contributed by atoms with Gasteiger partial charge < -0.3 is 14.0 Å². The van der Waals surface area contributed by atoms with Gasteiger partial charge >= 0.3 is 12.3 Å². The van der Waals surface area contributed by atoms with E-state index in [1.807, 2.05) is 0 Å². The number of alkyl halides is 3. The molecule has 0 atom stereocenters. The summed E-state index contributed by atoms with van der Waals surface area (Å²) in [5.74, 6) is -0.942. The van der Waals surface area contributed by atoms with Crippen molar-refractivity contribution in [2.75, 3.05) is 6.61 Å². The number of rotatable bonds is 4. The molecule has 1 aromatic heterocycles. The van der Waals surface area contributed by atoms with E-state index in [2.05, 4.69) is 9.89 Å². The van der Waals surface area contributed by atoms with Crippen molar-refractivity contribution in [2.45, 2.75) is 19.7 Å². The number of benzene rings is 1. The van der Waals surface area contributed by atoms with Gasteiger partial charge in [0.1, 0.15) is 11.4 Å². The minimum absolute atomic E-state index is 0.184. The second kappa shape index (κ2) is 5.40. The summed E-state index contributed by atoms with van der Waals surface area (Å²) in [7, 11) is 0. The van der Waals surface area contributed by atoms with Crippen LogP contribution in [0.15, 0.2) is 22.7 Å². The topological polar surface area (TPSA) is 61.6 Å². The van der Waals surface area contributed by atoms with E-state index in [1.165, 1.54) is 6.07 Å². The molecule has 108 valence electrons. The molecule has 0 amide bonds. The highest BCUT2D eigenvalue weighted by Crippen LogP contribution is 2.28. The summed E-state index contributed by atoms with van der Waals surface area (Å²) in [6, 6.07) is 3.51. The van der Waals surface area contributed by atoms with Gasteiger partial charge in [0.15, 0.2) is 5.58 Å². The Kier molecular flexibility index (Phi) is 3.82. The van der Waals surface area contributed by atoms with Gasteiger partial charge in [-0.25, -0.2) is 0 Å². The van der Waals surface area contributed by atoms with Gasteiger partial charge in [-0.1, -0.05) is 5.16 Å². The summed E-state index contributed by atoms with van der Waals surface area (Å²) >= 11 is 0. The quantitative estimate of drug-likeness (QED) is 0.810. The lowest BCUT2D eigenvalue weighted by molar-refractivity contribution is -0.274. The maximum Gasteiger partial charge on any atom is 0.573 e. The second-order valence-electron chi connectivity index (χ2n) is 3.82. The first-order valence-corrected chi connectivity index (χ1v) is 5.68. The van der Waals surface area contributed by atoms with Crippen molar-refractivity contribution in [2.24, 2.45) is 0 Å². The van der Waals surface area contributed by atoms with Crippen LogP contribution in [0.1, 0.15) is 12.6 Å². The number of hydrogen-bond acceptors (Lipinski definition) is 5.